The molecule has 1 aromatic rings. The molecule has 0 amide bonds. The highest BCUT2D eigenvalue weighted by atomic mass is 16.4. The van der Waals surface area contributed by atoms with E-state index in [2.05, 4.69) is 14.9 Å². The summed E-state index contributed by atoms with van der Waals surface area (Å²) in [5.41, 5.74) is 0.885. The van der Waals surface area contributed by atoms with Gasteiger partial charge in [-0.15, -0.1) is 0 Å². The minimum Gasteiger partial charge on any atom is -0.481 e. The minimum absolute atomic E-state index is 0.0415. The highest BCUT2D eigenvalue weighted by Gasteiger charge is 2.16. The number of carboxylic acids is 1. The lowest BCUT2D eigenvalue weighted by atomic mass is 10.0. The Kier molecular flexibility index (Phi) is 3.56. The normalized spacial score (nSPS) is 17.1. The molecule has 92 valence electrons. The predicted octanol–water partition coefficient (Wildman–Crippen LogP) is 1.65. The van der Waals surface area contributed by atoms with Crippen LogP contribution < -0.4 is 4.90 Å². The van der Waals surface area contributed by atoms with Crippen LogP contribution in [0.15, 0.2) is 12.4 Å². The average Bonchev–Trinajstić information content (AvgIpc) is 2.82. The minimum atomic E-state index is -0.791. The first kappa shape index (κ1) is 11.8. The van der Waals surface area contributed by atoms with Gasteiger partial charge in [0.15, 0.2) is 0 Å². The molecular formula is C12H17N3O2. The first-order chi connectivity index (χ1) is 8.16. The van der Waals surface area contributed by atoms with Gasteiger partial charge in [0, 0.05) is 25.5 Å². The highest BCUT2D eigenvalue weighted by Crippen LogP contribution is 2.20. The second-order valence-corrected chi connectivity index (χ2v) is 4.51. The van der Waals surface area contributed by atoms with Crippen molar-refractivity contribution in [2.45, 2.75) is 32.1 Å². The van der Waals surface area contributed by atoms with E-state index in [4.69, 9.17) is 5.11 Å². The second-order valence-electron chi connectivity index (χ2n) is 4.51. The topological polar surface area (TPSA) is 66.3 Å². The summed E-state index contributed by atoms with van der Waals surface area (Å²) < 4.78 is 0. The van der Waals surface area contributed by atoms with E-state index >= 15 is 0 Å². The van der Waals surface area contributed by atoms with Crippen molar-refractivity contribution in [2.24, 2.45) is 0 Å². The van der Waals surface area contributed by atoms with Crippen LogP contribution in [-0.2, 0) is 4.79 Å². The molecule has 1 aliphatic heterocycles. The van der Waals surface area contributed by atoms with Crippen molar-refractivity contribution in [3.63, 3.8) is 0 Å². The van der Waals surface area contributed by atoms with E-state index in [1.165, 1.54) is 12.8 Å². The van der Waals surface area contributed by atoms with E-state index in [1.54, 1.807) is 12.4 Å². The Balaban J connectivity index is 2.04. The SMILES string of the molecule is CC(CC(=O)O)c1cnc(N2CCCC2)nc1. The van der Waals surface area contributed by atoms with E-state index < -0.39 is 5.97 Å². The Morgan fingerprint density at radius 1 is 1.41 bits per heavy atom. The third kappa shape index (κ3) is 2.93. The number of anilines is 1. The molecule has 1 atom stereocenters. The standard InChI is InChI=1S/C12H17N3O2/c1-9(6-11(16)17)10-7-13-12(14-8-10)15-4-2-3-5-15/h7-9H,2-6H2,1H3,(H,16,17). The molecule has 0 aromatic carbocycles. The largest absolute Gasteiger partial charge is 0.481 e. The first-order valence-corrected chi connectivity index (χ1v) is 5.95. The molecule has 5 heteroatoms. The predicted molar refractivity (Wildman–Crippen MR) is 64.1 cm³/mol. The van der Waals surface area contributed by atoms with Crippen LogP contribution in [0.2, 0.25) is 0 Å². The van der Waals surface area contributed by atoms with Crippen LogP contribution in [0.4, 0.5) is 5.95 Å². The lowest BCUT2D eigenvalue weighted by Crippen LogP contribution is -2.20. The maximum atomic E-state index is 10.6. The maximum Gasteiger partial charge on any atom is 0.303 e. The van der Waals surface area contributed by atoms with Gasteiger partial charge in [-0.05, 0) is 24.3 Å². The Morgan fingerprint density at radius 3 is 2.53 bits per heavy atom. The zero-order chi connectivity index (χ0) is 12.3. The van der Waals surface area contributed by atoms with Crippen molar-refractivity contribution in [1.29, 1.82) is 0 Å². The Bertz CT molecular complexity index is 385. The van der Waals surface area contributed by atoms with Gasteiger partial charge in [-0.3, -0.25) is 4.79 Å². The fourth-order valence-corrected chi connectivity index (χ4v) is 2.05. The van der Waals surface area contributed by atoms with Crippen LogP contribution in [0.3, 0.4) is 0 Å². The molecule has 0 spiro atoms. The van der Waals surface area contributed by atoms with Crippen LogP contribution in [0.25, 0.3) is 0 Å². The molecule has 1 aliphatic rings. The molecular weight excluding hydrogens is 218 g/mol. The third-order valence-corrected chi connectivity index (χ3v) is 3.10. The highest BCUT2D eigenvalue weighted by molar-refractivity contribution is 5.67. The Morgan fingerprint density at radius 2 is 2.00 bits per heavy atom. The summed E-state index contributed by atoms with van der Waals surface area (Å²) in [4.78, 5) is 21.4. The molecule has 1 aromatic heterocycles. The number of carboxylic acid groups (broad SMARTS) is 1. The van der Waals surface area contributed by atoms with Gasteiger partial charge in [-0.1, -0.05) is 6.92 Å². The van der Waals surface area contributed by atoms with E-state index in [1.807, 2.05) is 6.92 Å². The van der Waals surface area contributed by atoms with Crippen LogP contribution in [0, 0.1) is 0 Å². The number of hydrogen-bond acceptors (Lipinski definition) is 4. The number of rotatable bonds is 4. The van der Waals surface area contributed by atoms with Gasteiger partial charge in [0.25, 0.3) is 0 Å². The van der Waals surface area contributed by atoms with Gasteiger partial charge in [0.05, 0.1) is 6.42 Å². The van der Waals surface area contributed by atoms with Gasteiger partial charge in [0.1, 0.15) is 0 Å². The molecule has 0 bridgehead atoms. The van der Waals surface area contributed by atoms with E-state index in [-0.39, 0.29) is 12.3 Å². The molecule has 1 N–H and O–H groups in total. The van der Waals surface area contributed by atoms with Crippen LogP contribution >= 0.6 is 0 Å². The number of hydrogen-bond donors (Lipinski definition) is 1. The van der Waals surface area contributed by atoms with E-state index in [0.29, 0.717) is 0 Å². The third-order valence-electron chi connectivity index (χ3n) is 3.10. The molecule has 0 aliphatic carbocycles. The van der Waals surface area contributed by atoms with Gasteiger partial charge < -0.3 is 10.0 Å². The number of nitrogens with zero attached hydrogens (tertiary/aromatic N) is 3. The second kappa shape index (κ2) is 5.12. The van der Waals surface area contributed by atoms with Crippen molar-refractivity contribution < 1.29 is 9.90 Å². The zero-order valence-electron chi connectivity index (χ0n) is 9.96. The zero-order valence-corrected chi connectivity index (χ0v) is 9.96. The van der Waals surface area contributed by atoms with Crippen molar-refractivity contribution in [1.82, 2.24) is 9.97 Å². The smallest absolute Gasteiger partial charge is 0.303 e. The van der Waals surface area contributed by atoms with Crippen molar-refractivity contribution >= 4 is 11.9 Å². The molecule has 0 radical (unpaired) electrons. The van der Waals surface area contributed by atoms with Crippen LogP contribution in [0.1, 0.15) is 37.7 Å². The molecule has 1 saturated heterocycles. The van der Waals surface area contributed by atoms with E-state index in [0.717, 1.165) is 24.6 Å². The number of aromatic nitrogens is 2. The fourth-order valence-electron chi connectivity index (χ4n) is 2.05. The molecule has 5 nitrogen and oxygen atoms in total. The average molecular weight is 235 g/mol. The van der Waals surface area contributed by atoms with Gasteiger partial charge in [-0.25, -0.2) is 9.97 Å². The molecule has 17 heavy (non-hydrogen) atoms. The van der Waals surface area contributed by atoms with E-state index in [9.17, 15) is 4.79 Å². The molecule has 1 unspecified atom stereocenters. The summed E-state index contributed by atoms with van der Waals surface area (Å²) in [6.07, 6.45) is 6.00. The summed E-state index contributed by atoms with van der Waals surface area (Å²) in [6.45, 7) is 3.91. The summed E-state index contributed by atoms with van der Waals surface area (Å²) >= 11 is 0. The van der Waals surface area contributed by atoms with Crippen molar-refractivity contribution in [3.8, 4) is 0 Å². The monoisotopic (exact) mass is 235 g/mol. The Hall–Kier alpha value is -1.65. The van der Waals surface area contributed by atoms with Crippen LogP contribution in [-0.4, -0.2) is 34.1 Å². The van der Waals surface area contributed by atoms with Gasteiger partial charge in [-0.2, -0.15) is 0 Å². The lowest BCUT2D eigenvalue weighted by Gasteiger charge is -2.15. The summed E-state index contributed by atoms with van der Waals surface area (Å²) in [6, 6.07) is 0. The Labute approximate surface area is 100 Å². The maximum absolute atomic E-state index is 10.6. The van der Waals surface area contributed by atoms with Gasteiger partial charge in [0.2, 0.25) is 5.95 Å². The van der Waals surface area contributed by atoms with Crippen molar-refractivity contribution in [3.05, 3.63) is 18.0 Å². The fraction of sp³-hybridized carbons (Fsp3) is 0.583. The van der Waals surface area contributed by atoms with Crippen LogP contribution in [0.5, 0.6) is 0 Å². The summed E-state index contributed by atoms with van der Waals surface area (Å²) in [5.74, 6) is -0.0741. The molecule has 1 fully saturated rings. The van der Waals surface area contributed by atoms with Crippen molar-refractivity contribution in [2.75, 3.05) is 18.0 Å². The quantitative estimate of drug-likeness (QED) is 0.859. The molecule has 2 heterocycles. The number of aliphatic carboxylic acids is 1. The van der Waals surface area contributed by atoms with Gasteiger partial charge >= 0.3 is 5.97 Å². The summed E-state index contributed by atoms with van der Waals surface area (Å²) in [7, 11) is 0. The number of carbonyl (C=O) groups is 1. The molecule has 0 saturated carbocycles. The summed E-state index contributed by atoms with van der Waals surface area (Å²) in [5, 5.41) is 8.72. The lowest BCUT2D eigenvalue weighted by molar-refractivity contribution is -0.137. The molecule has 2 rings (SSSR count). The first-order valence-electron chi connectivity index (χ1n) is 5.95.